The van der Waals surface area contributed by atoms with Gasteiger partial charge in [0.2, 0.25) is 0 Å². The first-order valence-corrected chi connectivity index (χ1v) is 6.32. The zero-order chi connectivity index (χ0) is 10.4. The molecule has 0 saturated carbocycles. The summed E-state index contributed by atoms with van der Waals surface area (Å²) in [5.74, 6) is 0. The van der Waals surface area contributed by atoms with E-state index in [-0.39, 0.29) is 11.3 Å². The van der Waals surface area contributed by atoms with Gasteiger partial charge in [-0.25, -0.2) is 0 Å². The first-order valence-electron chi connectivity index (χ1n) is 5.32. The number of hydrogen-bond donors (Lipinski definition) is 0. The van der Waals surface area contributed by atoms with Gasteiger partial charge in [0, 0.05) is 29.2 Å². The van der Waals surface area contributed by atoms with Gasteiger partial charge in [0.05, 0.1) is 0 Å². The number of carbonyl (C=O) groups excluding carboxylic acids is 1. The fourth-order valence-corrected chi connectivity index (χ4v) is 2.72. The molecular weight excluding hydrogens is 196 g/mol. The number of methoxy groups -OCH3 is 1. The molecule has 2 atom stereocenters. The molecule has 0 N–H and O–H groups in total. The van der Waals surface area contributed by atoms with Crippen molar-refractivity contribution in [1.82, 2.24) is 0 Å². The Morgan fingerprint density at radius 2 is 2.43 bits per heavy atom. The molecule has 2 unspecified atom stereocenters. The van der Waals surface area contributed by atoms with E-state index in [2.05, 4.69) is 0 Å². The Hall–Kier alpha value is -0.193. The van der Waals surface area contributed by atoms with E-state index in [1.165, 1.54) is 12.8 Å². The van der Waals surface area contributed by atoms with Gasteiger partial charge in [0.15, 0.2) is 0 Å². The normalized spacial score (nSPS) is 30.1. The van der Waals surface area contributed by atoms with Crippen LogP contribution in [0.25, 0.3) is 0 Å². The Morgan fingerprint density at radius 1 is 1.64 bits per heavy atom. The van der Waals surface area contributed by atoms with E-state index in [1.54, 1.807) is 7.11 Å². The Labute approximate surface area is 88.6 Å². The lowest BCUT2D eigenvalue weighted by atomic mass is 10.0. The Morgan fingerprint density at radius 3 is 2.93 bits per heavy atom. The summed E-state index contributed by atoms with van der Waals surface area (Å²) in [6, 6.07) is 0. The summed E-state index contributed by atoms with van der Waals surface area (Å²) in [7, 11) is 2.63. The molecule has 4 heteroatoms. The van der Waals surface area contributed by atoms with Crippen molar-refractivity contribution in [2.24, 2.45) is 0 Å². The van der Waals surface area contributed by atoms with Gasteiger partial charge in [0.25, 0.3) is 0 Å². The van der Waals surface area contributed by atoms with Crippen LogP contribution in [0.4, 0.5) is 0 Å². The van der Waals surface area contributed by atoms with Crippen LogP contribution in [0, 0.1) is 0 Å². The Kier molecular flexibility index (Phi) is 4.78. The molecule has 0 aliphatic carbocycles. The van der Waals surface area contributed by atoms with Crippen LogP contribution in [-0.4, -0.2) is 41.6 Å². The van der Waals surface area contributed by atoms with Crippen molar-refractivity contribution in [2.45, 2.75) is 43.4 Å². The summed E-state index contributed by atoms with van der Waals surface area (Å²) in [6.07, 6.45) is 6.02. The smallest absolute Gasteiger partial charge is 0.148 e. The fourth-order valence-electron chi connectivity index (χ4n) is 1.88. The van der Waals surface area contributed by atoms with Crippen LogP contribution >= 0.6 is 0 Å². The molecule has 1 saturated heterocycles. The van der Waals surface area contributed by atoms with Crippen LogP contribution in [0.1, 0.15) is 32.1 Å². The minimum atomic E-state index is -0.244. The molecule has 0 bridgehead atoms. The molecule has 0 aromatic heterocycles. The van der Waals surface area contributed by atoms with Crippen molar-refractivity contribution in [3.8, 4) is 0 Å². The third-order valence-corrected chi connectivity index (χ3v) is 4.25. The summed E-state index contributed by atoms with van der Waals surface area (Å²) in [5.41, 5.74) is 0. The Balaban J connectivity index is 2.30. The van der Waals surface area contributed by atoms with Gasteiger partial charge >= 0.3 is 0 Å². The molecular formula is C10H20O3Si. The van der Waals surface area contributed by atoms with Gasteiger partial charge < -0.3 is 14.3 Å². The standard InChI is InChI=1S/C10H20O3Si/c1-12-9(8-11)4-6-10(14)5-2-3-7-13-10/h8-9H,2-7H2,1,14H3. The largest absolute Gasteiger partial charge is 0.380 e. The number of rotatable bonds is 5. The van der Waals surface area contributed by atoms with Crippen molar-refractivity contribution in [3.63, 3.8) is 0 Å². The second kappa shape index (κ2) is 5.63. The predicted octanol–water partition coefficient (Wildman–Crippen LogP) is 0.243. The maximum Gasteiger partial charge on any atom is 0.148 e. The number of aldehydes is 1. The highest BCUT2D eigenvalue weighted by Crippen LogP contribution is 2.26. The van der Waals surface area contributed by atoms with Crippen LogP contribution in [0.15, 0.2) is 0 Å². The predicted molar refractivity (Wildman–Crippen MR) is 58.6 cm³/mol. The van der Waals surface area contributed by atoms with Gasteiger partial charge in [-0.1, -0.05) is 0 Å². The van der Waals surface area contributed by atoms with Crippen LogP contribution in [0.5, 0.6) is 0 Å². The van der Waals surface area contributed by atoms with E-state index < -0.39 is 0 Å². The first kappa shape index (κ1) is 11.9. The van der Waals surface area contributed by atoms with Crippen molar-refractivity contribution < 1.29 is 14.3 Å². The highest BCUT2D eigenvalue weighted by molar-refractivity contribution is 6.14. The highest BCUT2D eigenvalue weighted by atomic mass is 28.1. The molecule has 0 amide bonds. The highest BCUT2D eigenvalue weighted by Gasteiger charge is 2.28. The van der Waals surface area contributed by atoms with Gasteiger partial charge in [-0.3, -0.25) is 0 Å². The van der Waals surface area contributed by atoms with Gasteiger partial charge in [-0.2, -0.15) is 0 Å². The lowest BCUT2D eigenvalue weighted by Crippen LogP contribution is -2.37. The van der Waals surface area contributed by atoms with Crippen molar-refractivity contribution in [1.29, 1.82) is 0 Å². The topological polar surface area (TPSA) is 35.5 Å². The van der Waals surface area contributed by atoms with E-state index in [4.69, 9.17) is 9.47 Å². The maximum atomic E-state index is 10.6. The summed E-state index contributed by atoms with van der Waals surface area (Å²) in [5, 5.41) is 0.109. The zero-order valence-electron chi connectivity index (χ0n) is 9.12. The summed E-state index contributed by atoms with van der Waals surface area (Å²) in [6.45, 7) is 0.891. The summed E-state index contributed by atoms with van der Waals surface area (Å²) in [4.78, 5) is 10.6. The molecule has 3 nitrogen and oxygen atoms in total. The van der Waals surface area contributed by atoms with Crippen LogP contribution in [0.3, 0.4) is 0 Å². The van der Waals surface area contributed by atoms with E-state index in [1.807, 2.05) is 0 Å². The molecule has 0 aromatic carbocycles. The van der Waals surface area contributed by atoms with Gasteiger partial charge in [0.1, 0.15) is 12.4 Å². The number of carbonyl (C=O) groups is 1. The quantitative estimate of drug-likeness (QED) is 0.488. The molecule has 0 radical (unpaired) electrons. The first-order chi connectivity index (χ1) is 6.70. The zero-order valence-corrected chi connectivity index (χ0v) is 11.1. The molecule has 1 fully saturated rings. The third kappa shape index (κ3) is 3.51. The monoisotopic (exact) mass is 216 g/mol. The molecule has 1 rings (SSSR count). The Bertz CT molecular complexity index is 178. The molecule has 0 aromatic rings. The fraction of sp³-hybridized carbons (Fsp3) is 0.900. The molecule has 1 aliphatic heterocycles. The molecule has 1 heterocycles. The maximum absolute atomic E-state index is 10.6. The average Bonchev–Trinajstić information content (AvgIpc) is 2.20. The van der Waals surface area contributed by atoms with Crippen LogP contribution in [0.2, 0.25) is 0 Å². The minimum Gasteiger partial charge on any atom is -0.380 e. The molecule has 14 heavy (non-hydrogen) atoms. The van der Waals surface area contributed by atoms with Gasteiger partial charge in [-0.15, -0.1) is 0 Å². The number of hydrogen-bond acceptors (Lipinski definition) is 3. The van der Waals surface area contributed by atoms with Crippen LogP contribution < -0.4 is 0 Å². The lowest BCUT2D eigenvalue weighted by Gasteiger charge is -2.34. The van der Waals surface area contributed by atoms with Crippen molar-refractivity contribution in [3.05, 3.63) is 0 Å². The van der Waals surface area contributed by atoms with Gasteiger partial charge in [-0.05, 0) is 32.1 Å². The van der Waals surface area contributed by atoms with E-state index in [9.17, 15) is 4.79 Å². The van der Waals surface area contributed by atoms with E-state index >= 15 is 0 Å². The van der Waals surface area contributed by atoms with Crippen LogP contribution in [-0.2, 0) is 14.3 Å². The number of ether oxygens (including phenoxy) is 2. The second-order valence-electron chi connectivity index (χ2n) is 4.20. The SMILES string of the molecule is COC(C=O)CCC1([SiH3])CCCCO1. The van der Waals surface area contributed by atoms with Crippen molar-refractivity contribution in [2.75, 3.05) is 13.7 Å². The van der Waals surface area contributed by atoms with E-state index in [0.717, 1.165) is 42.4 Å². The average molecular weight is 216 g/mol. The summed E-state index contributed by atoms with van der Waals surface area (Å²) >= 11 is 0. The summed E-state index contributed by atoms with van der Waals surface area (Å²) < 4.78 is 10.8. The minimum absolute atomic E-state index is 0.109. The molecule has 0 spiro atoms. The lowest BCUT2D eigenvalue weighted by molar-refractivity contribution is -0.117. The molecule has 1 aliphatic rings. The van der Waals surface area contributed by atoms with E-state index in [0.29, 0.717) is 0 Å². The van der Waals surface area contributed by atoms with Crippen molar-refractivity contribution >= 4 is 16.5 Å². The third-order valence-electron chi connectivity index (χ3n) is 2.96. The second-order valence-corrected chi connectivity index (χ2v) is 6.03. The molecule has 82 valence electrons.